The molecule has 2 N–H and O–H groups in total. The van der Waals surface area contributed by atoms with Crippen LogP contribution in [0.15, 0.2) is 12.1 Å². The highest BCUT2D eigenvalue weighted by Gasteiger charge is 2.18. The lowest BCUT2D eigenvalue weighted by molar-refractivity contribution is 0.188. The first kappa shape index (κ1) is 13.4. The first-order chi connectivity index (χ1) is 8.63. The minimum absolute atomic E-state index is 0.0914. The standard InChI is InChI=1S/C13H20N2O2S/c1-9(7-12-4-3-10(2)18-12)14-13(16)15-11-5-6-17-8-11/h3-4,9,11H,5-8H2,1-2H3,(H2,14,15,16). The minimum atomic E-state index is -0.0914. The molecule has 2 atom stereocenters. The van der Waals surface area contributed by atoms with Gasteiger partial charge < -0.3 is 15.4 Å². The molecule has 0 saturated carbocycles. The Labute approximate surface area is 112 Å². The maximum atomic E-state index is 11.7. The summed E-state index contributed by atoms with van der Waals surface area (Å²) >= 11 is 1.78. The molecule has 1 fully saturated rings. The SMILES string of the molecule is Cc1ccc(CC(C)NC(=O)NC2CCOC2)s1. The highest BCUT2D eigenvalue weighted by Crippen LogP contribution is 2.16. The van der Waals surface area contributed by atoms with E-state index in [1.165, 1.54) is 9.75 Å². The number of hydrogen-bond acceptors (Lipinski definition) is 3. The Bertz CT molecular complexity index is 399. The molecule has 1 aliphatic heterocycles. The van der Waals surface area contributed by atoms with Crippen LogP contribution in [0.5, 0.6) is 0 Å². The van der Waals surface area contributed by atoms with E-state index in [1.54, 1.807) is 11.3 Å². The van der Waals surface area contributed by atoms with Gasteiger partial charge in [0.05, 0.1) is 12.6 Å². The third-order valence-electron chi connectivity index (χ3n) is 2.95. The van der Waals surface area contributed by atoms with E-state index in [0.29, 0.717) is 6.61 Å². The summed E-state index contributed by atoms with van der Waals surface area (Å²) in [5.41, 5.74) is 0. The number of urea groups is 1. The monoisotopic (exact) mass is 268 g/mol. The summed E-state index contributed by atoms with van der Waals surface area (Å²) in [6.07, 6.45) is 1.79. The van der Waals surface area contributed by atoms with Gasteiger partial charge in [0, 0.05) is 28.8 Å². The zero-order valence-corrected chi connectivity index (χ0v) is 11.7. The van der Waals surface area contributed by atoms with Crippen molar-refractivity contribution in [1.29, 1.82) is 0 Å². The average Bonchev–Trinajstić information content (AvgIpc) is 2.90. The number of carbonyl (C=O) groups is 1. The van der Waals surface area contributed by atoms with Gasteiger partial charge in [0.25, 0.3) is 0 Å². The van der Waals surface area contributed by atoms with Crippen LogP contribution in [0.2, 0.25) is 0 Å². The summed E-state index contributed by atoms with van der Waals surface area (Å²) < 4.78 is 5.22. The fraction of sp³-hybridized carbons (Fsp3) is 0.615. The van der Waals surface area contributed by atoms with E-state index in [9.17, 15) is 4.79 Å². The Morgan fingerprint density at radius 3 is 3.06 bits per heavy atom. The number of carbonyl (C=O) groups excluding carboxylic acids is 1. The normalized spacial score (nSPS) is 20.7. The van der Waals surface area contributed by atoms with Gasteiger partial charge in [-0.15, -0.1) is 11.3 Å². The van der Waals surface area contributed by atoms with Gasteiger partial charge in [-0.25, -0.2) is 4.79 Å². The lowest BCUT2D eigenvalue weighted by atomic mass is 10.2. The summed E-state index contributed by atoms with van der Waals surface area (Å²) in [6, 6.07) is 4.46. The lowest BCUT2D eigenvalue weighted by Crippen LogP contribution is -2.46. The van der Waals surface area contributed by atoms with Crippen molar-refractivity contribution < 1.29 is 9.53 Å². The van der Waals surface area contributed by atoms with Crippen molar-refractivity contribution in [2.75, 3.05) is 13.2 Å². The summed E-state index contributed by atoms with van der Waals surface area (Å²) in [6.45, 7) is 5.50. The number of nitrogens with one attached hydrogen (secondary N) is 2. The Morgan fingerprint density at radius 1 is 1.61 bits per heavy atom. The summed E-state index contributed by atoms with van der Waals surface area (Å²) in [7, 11) is 0. The number of aryl methyl sites for hydroxylation is 1. The van der Waals surface area contributed by atoms with Gasteiger partial charge in [0.15, 0.2) is 0 Å². The van der Waals surface area contributed by atoms with Crippen LogP contribution in [-0.2, 0) is 11.2 Å². The van der Waals surface area contributed by atoms with Gasteiger partial charge in [-0.05, 0) is 32.4 Å². The topological polar surface area (TPSA) is 50.4 Å². The summed E-state index contributed by atoms with van der Waals surface area (Å²) in [4.78, 5) is 14.4. The number of ether oxygens (including phenoxy) is 1. The van der Waals surface area contributed by atoms with E-state index < -0.39 is 0 Å². The second-order valence-corrected chi connectivity index (χ2v) is 6.17. The molecule has 18 heavy (non-hydrogen) atoms. The second-order valence-electron chi connectivity index (χ2n) is 4.80. The molecule has 0 aromatic carbocycles. The molecule has 0 aliphatic carbocycles. The molecule has 0 spiro atoms. The third-order valence-corrected chi connectivity index (χ3v) is 3.97. The van der Waals surface area contributed by atoms with Gasteiger partial charge in [0.1, 0.15) is 0 Å². The Kier molecular flexibility index (Phi) is 4.60. The fourth-order valence-electron chi connectivity index (χ4n) is 2.05. The van der Waals surface area contributed by atoms with E-state index in [2.05, 4.69) is 29.7 Å². The highest BCUT2D eigenvalue weighted by atomic mass is 32.1. The summed E-state index contributed by atoms with van der Waals surface area (Å²) in [5, 5.41) is 5.89. The molecule has 5 heteroatoms. The Balaban J connectivity index is 1.72. The quantitative estimate of drug-likeness (QED) is 0.878. The van der Waals surface area contributed by atoms with Gasteiger partial charge in [-0.2, -0.15) is 0 Å². The first-order valence-electron chi connectivity index (χ1n) is 6.33. The van der Waals surface area contributed by atoms with Crippen LogP contribution in [0.25, 0.3) is 0 Å². The number of rotatable bonds is 4. The zero-order valence-electron chi connectivity index (χ0n) is 10.9. The molecular formula is C13H20N2O2S. The zero-order chi connectivity index (χ0) is 13.0. The molecule has 4 nitrogen and oxygen atoms in total. The molecule has 0 bridgehead atoms. The van der Waals surface area contributed by atoms with Crippen LogP contribution >= 0.6 is 11.3 Å². The van der Waals surface area contributed by atoms with E-state index in [-0.39, 0.29) is 18.1 Å². The molecule has 2 unspecified atom stereocenters. The van der Waals surface area contributed by atoms with E-state index in [1.807, 2.05) is 6.92 Å². The molecule has 2 heterocycles. The van der Waals surface area contributed by atoms with Gasteiger partial charge in [0.2, 0.25) is 0 Å². The predicted octanol–water partition coefficient (Wildman–Crippen LogP) is 2.08. The van der Waals surface area contributed by atoms with Crippen LogP contribution < -0.4 is 10.6 Å². The highest BCUT2D eigenvalue weighted by molar-refractivity contribution is 7.11. The van der Waals surface area contributed by atoms with Crippen molar-refractivity contribution in [2.45, 2.75) is 38.8 Å². The van der Waals surface area contributed by atoms with E-state index in [0.717, 1.165) is 19.4 Å². The first-order valence-corrected chi connectivity index (χ1v) is 7.15. The fourth-order valence-corrected chi connectivity index (χ4v) is 3.07. The predicted molar refractivity (Wildman–Crippen MR) is 73.1 cm³/mol. The molecule has 2 amide bonds. The van der Waals surface area contributed by atoms with Crippen molar-refractivity contribution in [1.82, 2.24) is 10.6 Å². The van der Waals surface area contributed by atoms with Crippen molar-refractivity contribution in [2.24, 2.45) is 0 Å². The number of thiophene rings is 1. The van der Waals surface area contributed by atoms with Crippen LogP contribution in [0.4, 0.5) is 4.79 Å². The van der Waals surface area contributed by atoms with Crippen LogP contribution in [0, 0.1) is 6.92 Å². The Morgan fingerprint density at radius 2 is 2.44 bits per heavy atom. The molecule has 1 aliphatic rings. The Hall–Kier alpha value is -1.07. The minimum Gasteiger partial charge on any atom is -0.379 e. The lowest BCUT2D eigenvalue weighted by Gasteiger charge is -2.16. The van der Waals surface area contributed by atoms with Crippen molar-refractivity contribution >= 4 is 17.4 Å². The van der Waals surface area contributed by atoms with Crippen molar-refractivity contribution in [3.63, 3.8) is 0 Å². The molecular weight excluding hydrogens is 248 g/mol. The van der Waals surface area contributed by atoms with Gasteiger partial charge >= 0.3 is 6.03 Å². The maximum absolute atomic E-state index is 11.7. The van der Waals surface area contributed by atoms with Crippen molar-refractivity contribution in [3.8, 4) is 0 Å². The van der Waals surface area contributed by atoms with Crippen LogP contribution in [0.1, 0.15) is 23.1 Å². The van der Waals surface area contributed by atoms with Crippen LogP contribution in [0.3, 0.4) is 0 Å². The van der Waals surface area contributed by atoms with Crippen LogP contribution in [-0.4, -0.2) is 31.3 Å². The average molecular weight is 268 g/mol. The second kappa shape index (κ2) is 6.20. The van der Waals surface area contributed by atoms with Gasteiger partial charge in [-0.3, -0.25) is 0 Å². The molecule has 1 aromatic rings. The largest absolute Gasteiger partial charge is 0.379 e. The molecule has 100 valence electrons. The van der Waals surface area contributed by atoms with Crippen molar-refractivity contribution in [3.05, 3.63) is 21.9 Å². The van der Waals surface area contributed by atoms with E-state index >= 15 is 0 Å². The molecule has 2 rings (SSSR count). The summed E-state index contributed by atoms with van der Waals surface area (Å²) in [5.74, 6) is 0. The number of amides is 2. The van der Waals surface area contributed by atoms with E-state index in [4.69, 9.17) is 4.74 Å². The molecule has 1 saturated heterocycles. The third kappa shape index (κ3) is 3.99. The molecule has 1 aromatic heterocycles. The smallest absolute Gasteiger partial charge is 0.315 e. The maximum Gasteiger partial charge on any atom is 0.315 e. The molecule has 0 radical (unpaired) electrons. The van der Waals surface area contributed by atoms with Gasteiger partial charge in [-0.1, -0.05) is 0 Å². The number of hydrogen-bond donors (Lipinski definition) is 2.